The minimum absolute atomic E-state index is 0.0349. The molecule has 1 aromatic heterocycles. The van der Waals surface area contributed by atoms with Gasteiger partial charge in [0.1, 0.15) is 30.0 Å². The van der Waals surface area contributed by atoms with Crippen molar-refractivity contribution in [2.45, 2.75) is 26.4 Å². The van der Waals surface area contributed by atoms with E-state index in [1.807, 2.05) is 20.8 Å². The number of rotatable bonds is 6. The molecule has 1 heterocycles. The Labute approximate surface area is 135 Å². The zero-order chi connectivity index (χ0) is 16.9. The lowest BCUT2D eigenvalue weighted by Crippen LogP contribution is -2.45. The molecule has 0 aliphatic heterocycles. The van der Waals surface area contributed by atoms with Crippen molar-refractivity contribution in [3.05, 3.63) is 48.5 Å². The standard InChI is InChI=1S/C17H21FN2O3/c1-16(2,3)17(21,13-8-19-12-20-9-13)10-22-14-4-6-15(7-5-14)23-11-18/h4-9,12,21H,10-11H2,1-3H3. The summed E-state index contributed by atoms with van der Waals surface area (Å²) < 4.78 is 22.6. The van der Waals surface area contributed by atoms with Crippen LogP contribution in [0.4, 0.5) is 4.39 Å². The summed E-state index contributed by atoms with van der Waals surface area (Å²) in [6.45, 7) is 4.91. The Morgan fingerprint density at radius 2 is 1.52 bits per heavy atom. The molecule has 1 atom stereocenters. The third-order valence-electron chi connectivity index (χ3n) is 3.77. The van der Waals surface area contributed by atoms with Crippen LogP contribution in [0.1, 0.15) is 26.3 Å². The molecule has 0 aliphatic carbocycles. The molecule has 6 heteroatoms. The summed E-state index contributed by atoms with van der Waals surface area (Å²) in [6, 6.07) is 6.54. The molecule has 2 aromatic rings. The molecule has 0 spiro atoms. The predicted octanol–water partition coefficient (Wildman–Crippen LogP) is 3.10. The van der Waals surface area contributed by atoms with Gasteiger partial charge in [-0.05, 0) is 29.7 Å². The molecular weight excluding hydrogens is 299 g/mol. The minimum atomic E-state index is -1.26. The molecule has 0 fully saturated rings. The summed E-state index contributed by atoms with van der Waals surface area (Å²) in [6.07, 6.45) is 4.58. The molecule has 5 nitrogen and oxygen atoms in total. The molecule has 0 bridgehead atoms. The summed E-state index contributed by atoms with van der Waals surface area (Å²) in [4.78, 5) is 7.95. The van der Waals surface area contributed by atoms with Crippen molar-refractivity contribution < 1.29 is 19.0 Å². The number of aliphatic hydroxyl groups is 1. The van der Waals surface area contributed by atoms with Crippen LogP contribution in [0.2, 0.25) is 0 Å². The highest BCUT2D eigenvalue weighted by Crippen LogP contribution is 2.39. The first-order valence-electron chi connectivity index (χ1n) is 7.26. The smallest absolute Gasteiger partial charge is 0.228 e. The van der Waals surface area contributed by atoms with Crippen LogP contribution in [-0.4, -0.2) is 28.5 Å². The van der Waals surface area contributed by atoms with Crippen molar-refractivity contribution in [1.29, 1.82) is 0 Å². The Morgan fingerprint density at radius 3 is 2.00 bits per heavy atom. The van der Waals surface area contributed by atoms with Crippen LogP contribution in [-0.2, 0) is 5.60 Å². The Morgan fingerprint density at radius 1 is 1.00 bits per heavy atom. The maximum absolute atomic E-state index is 12.1. The Balaban J connectivity index is 2.16. The summed E-state index contributed by atoms with van der Waals surface area (Å²) in [5.41, 5.74) is -1.16. The van der Waals surface area contributed by atoms with Gasteiger partial charge in [-0.3, -0.25) is 0 Å². The fraction of sp³-hybridized carbons (Fsp3) is 0.412. The number of nitrogens with zero attached hydrogens (tertiary/aromatic N) is 2. The molecule has 23 heavy (non-hydrogen) atoms. The maximum Gasteiger partial charge on any atom is 0.228 e. The van der Waals surface area contributed by atoms with Crippen molar-refractivity contribution in [3.63, 3.8) is 0 Å². The monoisotopic (exact) mass is 320 g/mol. The van der Waals surface area contributed by atoms with E-state index in [1.54, 1.807) is 36.7 Å². The van der Waals surface area contributed by atoms with Crippen molar-refractivity contribution in [1.82, 2.24) is 9.97 Å². The van der Waals surface area contributed by atoms with E-state index < -0.39 is 17.9 Å². The summed E-state index contributed by atoms with van der Waals surface area (Å²) in [5.74, 6) is 0.970. The van der Waals surface area contributed by atoms with Gasteiger partial charge < -0.3 is 14.6 Å². The van der Waals surface area contributed by atoms with Crippen LogP contribution >= 0.6 is 0 Å². The lowest BCUT2D eigenvalue weighted by molar-refractivity contribution is -0.0949. The zero-order valence-electron chi connectivity index (χ0n) is 13.5. The molecule has 0 saturated carbocycles. The van der Waals surface area contributed by atoms with E-state index in [4.69, 9.17) is 9.47 Å². The number of hydrogen-bond donors (Lipinski definition) is 1. The van der Waals surface area contributed by atoms with Crippen LogP contribution in [0.25, 0.3) is 0 Å². The van der Waals surface area contributed by atoms with Gasteiger partial charge in [-0.2, -0.15) is 0 Å². The van der Waals surface area contributed by atoms with Gasteiger partial charge in [0.05, 0.1) is 0 Å². The predicted molar refractivity (Wildman–Crippen MR) is 83.9 cm³/mol. The van der Waals surface area contributed by atoms with Gasteiger partial charge in [0.15, 0.2) is 0 Å². The molecule has 0 radical (unpaired) electrons. The van der Waals surface area contributed by atoms with Gasteiger partial charge in [-0.1, -0.05) is 20.8 Å². The first-order valence-corrected chi connectivity index (χ1v) is 7.26. The quantitative estimate of drug-likeness (QED) is 0.886. The lowest BCUT2D eigenvalue weighted by Gasteiger charge is -2.39. The van der Waals surface area contributed by atoms with Crippen molar-refractivity contribution in [2.24, 2.45) is 5.41 Å². The van der Waals surface area contributed by atoms with E-state index in [1.165, 1.54) is 6.33 Å². The van der Waals surface area contributed by atoms with E-state index in [-0.39, 0.29) is 6.61 Å². The average Bonchev–Trinajstić information content (AvgIpc) is 2.54. The fourth-order valence-corrected chi connectivity index (χ4v) is 2.13. The Bertz CT molecular complexity index is 614. The normalized spacial score (nSPS) is 14.1. The van der Waals surface area contributed by atoms with Crippen LogP contribution in [0.3, 0.4) is 0 Å². The Hall–Kier alpha value is -2.21. The van der Waals surface area contributed by atoms with Crippen molar-refractivity contribution in [2.75, 3.05) is 13.5 Å². The zero-order valence-corrected chi connectivity index (χ0v) is 13.5. The highest BCUT2D eigenvalue weighted by Gasteiger charge is 2.43. The summed E-state index contributed by atoms with van der Waals surface area (Å²) >= 11 is 0. The second-order valence-electron chi connectivity index (χ2n) is 6.25. The van der Waals surface area contributed by atoms with Crippen molar-refractivity contribution in [3.8, 4) is 11.5 Å². The molecule has 1 aromatic carbocycles. The van der Waals surface area contributed by atoms with Gasteiger partial charge in [0.25, 0.3) is 0 Å². The van der Waals surface area contributed by atoms with E-state index >= 15 is 0 Å². The van der Waals surface area contributed by atoms with Crippen LogP contribution in [0, 0.1) is 5.41 Å². The number of ether oxygens (including phenoxy) is 2. The molecule has 124 valence electrons. The summed E-state index contributed by atoms with van der Waals surface area (Å²) in [5, 5.41) is 11.1. The van der Waals surface area contributed by atoms with Gasteiger partial charge in [0.2, 0.25) is 6.86 Å². The first kappa shape index (κ1) is 17.1. The Kier molecular flexibility index (Phi) is 5.15. The van der Waals surface area contributed by atoms with Crippen LogP contribution in [0.15, 0.2) is 43.0 Å². The number of alkyl halides is 1. The molecule has 2 rings (SSSR count). The highest BCUT2D eigenvalue weighted by molar-refractivity contribution is 5.31. The fourth-order valence-electron chi connectivity index (χ4n) is 2.13. The molecule has 0 amide bonds. The molecule has 0 saturated heterocycles. The molecule has 1 N–H and O–H groups in total. The second kappa shape index (κ2) is 6.91. The van der Waals surface area contributed by atoms with Crippen LogP contribution < -0.4 is 9.47 Å². The molecular formula is C17H21FN2O3. The van der Waals surface area contributed by atoms with Gasteiger partial charge >= 0.3 is 0 Å². The maximum atomic E-state index is 12.1. The summed E-state index contributed by atoms with van der Waals surface area (Å²) in [7, 11) is 0. The van der Waals surface area contributed by atoms with Gasteiger partial charge in [0, 0.05) is 18.0 Å². The highest BCUT2D eigenvalue weighted by atomic mass is 19.1. The average molecular weight is 320 g/mol. The van der Waals surface area contributed by atoms with Gasteiger partial charge in [-0.25, -0.2) is 14.4 Å². The SMILES string of the molecule is CC(C)(C)C(O)(COc1ccc(OCF)cc1)c1cncnc1. The molecule has 0 aliphatic rings. The van der Waals surface area contributed by atoms with E-state index in [0.29, 0.717) is 17.1 Å². The first-order chi connectivity index (χ1) is 10.9. The number of aromatic nitrogens is 2. The van der Waals surface area contributed by atoms with Gasteiger partial charge in [-0.15, -0.1) is 0 Å². The third-order valence-corrected chi connectivity index (χ3v) is 3.77. The van der Waals surface area contributed by atoms with Crippen molar-refractivity contribution >= 4 is 0 Å². The van der Waals surface area contributed by atoms with E-state index in [0.717, 1.165) is 0 Å². The number of hydrogen-bond acceptors (Lipinski definition) is 5. The second-order valence-corrected chi connectivity index (χ2v) is 6.25. The number of halogens is 1. The largest absolute Gasteiger partial charge is 0.490 e. The lowest BCUT2D eigenvalue weighted by atomic mass is 9.73. The van der Waals surface area contributed by atoms with E-state index in [9.17, 15) is 9.50 Å². The topological polar surface area (TPSA) is 64.5 Å². The molecule has 1 unspecified atom stereocenters. The number of benzene rings is 1. The van der Waals surface area contributed by atoms with E-state index in [2.05, 4.69) is 9.97 Å². The van der Waals surface area contributed by atoms with Crippen LogP contribution in [0.5, 0.6) is 11.5 Å². The minimum Gasteiger partial charge on any atom is -0.490 e. The third kappa shape index (κ3) is 3.96.